The molecule has 11 heterocycles. The van der Waals surface area contributed by atoms with Gasteiger partial charge >= 0.3 is 0 Å². The molecule has 0 unspecified atom stereocenters. The predicted octanol–water partition coefficient (Wildman–Crippen LogP) is 6.07. The fraction of sp³-hybridized carbons (Fsp3) is 0.587. The maximum atomic E-state index is 12.2. The molecule has 0 amide bonds. The number of methoxy groups -OCH3 is 2. The van der Waals surface area contributed by atoms with E-state index < -0.39 is 0 Å². The number of rotatable bonds is 16. The van der Waals surface area contributed by atoms with Gasteiger partial charge in [-0.1, -0.05) is 0 Å². The first-order valence-corrected chi connectivity index (χ1v) is 31.4. The van der Waals surface area contributed by atoms with E-state index in [9.17, 15) is 19.5 Å². The van der Waals surface area contributed by atoms with Gasteiger partial charge in [0.05, 0.1) is 31.3 Å². The van der Waals surface area contributed by atoms with Gasteiger partial charge in [-0.25, -0.2) is 34.9 Å². The van der Waals surface area contributed by atoms with Gasteiger partial charge in [0.15, 0.2) is 11.5 Å². The zero-order valence-electron chi connectivity index (χ0n) is 51.9. The number of phenolic OH excluding ortho intramolecular Hbond substituents is 1. The third kappa shape index (κ3) is 16.9. The summed E-state index contributed by atoms with van der Waals surface area (Å²) < 4.78 is 10.5. The SMILES string of the molecule is CN(C)c1ncc(CN2CCC(c3cc(=O)[nH]c(N4CCCC4)n3)CC2)cn1.CN(C)c1ncc(CN2CCC(c3cc(=O)[nH]c(N4CCCCC4)n3)CC2)cn1.COc1cc(CN2CCC(c3cc(=O)[nH]c(N4CCCC4)n3)CC2)cc(OC)c1O. The van der Waals surface area contributed by atoms with E-state index in [-0.39, 0.29) is 22.4 Å². The molecular weight excluding hydrogens is 1100 g/mol. The van der Waals surface area contributed by atoms with E-state index in [1.54, 1.807) is 18.2 Å². The molecule has 6 aromatic rings. The Morgan fingerprint density at radius 3 is 1.01 bits per heavy atom. The highest BCUT2D eigenvalue weighted by molar-refractivity contribution is 5.53. The van der Waals surface area contributed by atoms with E-state index in [1.807, 2.05) is 74.9 Å². The molecule has 0 radical (unpaired) electrons. The van der Waals surface area contributed by atoms with Crippen molar-refractivity contribution in [3.63, 3.8) is 0 Å². The number of hydrogen-bond acceptors (Lipinski definition) is 21. The van der Waals surface area contributed by atoms with Crippen LogP contribution in [-0.4, -0.2) is 191 Å². The second-order valence-corrected chi connectivity index (χ2v) is 24.5. The van der Waals surface area contributed by atoms with Crippen LogP contribution in [0.3, 0.4) is 0 Å². The summed E-state index contributed by atoms with van der Waals surface area (Å²) in [5, 5.41) is 10.1. The molecule has 6 aliphatic heterocycles. The number of benzene rings is 1. The molecule has 0 aliphatic carbocycles. The molecule has 24 heteroatoms. The molecule has 0 spiro atoms. The van der Waals surface area contributed by atoms with Gasteiger partial charge < -0.3 is 39.1 Å². The van der Waals surface area contributed by atoms with Crippen molar-refractivity contribution in [1.29, 1.82) is 0 Å². The minimum Gasteiger partial charge on any atom is -0.502 e. The van der Waals surface area contributed by atoms with Gasteiger partial charge in [0.25, 0.3) is 16.7 Å². The number of ether oxygens (including phenoxy) is 2. The molecule has 87 heavy (non-hydrogen) atoms. The van der Waals surface area contributed by atoms with Gasteiger partial charge in [-0.3, -0.25) is 44.0 Å². The summed E-state index contributed by atoms with van der Waals surface area (Å²) in [5.41, 5.74) is 5.98. The first-order chi connectivity index (χ1) is 42.2. The summed E-state index contributed by atoms with van der Waals surface area (Å²) >= 11 is 0. The van der Waals surface area contributed by atoms with Gasteiger partial charge in [0.1, 0.15) is 0 Å². The van der Waals surface area contributed by atoms with Gasteiger partial charge in [-0.2, -0.15) is 0 Å². The highest BCUT2D eigenvalue weighted by Gasteiger charge is 2.28. The van der Waals surface area contributed by atoms with Crippen molar-refractivity contribution in [3.05, 3.63) is 120 Å². The first-order valence-electron chi connectivity index (χ1n) is 31.4. The number of phenols is 1. The second-order valence-electron chi connectivity index (χ2n) is 24.5. The lowest BCUT2D eigenvalue weighted by Crippen LogP contribution is -2.35. The number of piperidine rings is 4. The van der Waals surface area contributed by atoms with Crippen LogP contribution in [0.1, 0.15) is 135 Å². The number of aromatic nitrogens is 10. The van der Waals surface area contributed by atoms with Crippen LogP contribution >= 0.6 is 0 Å². The van der Waals surface area contributed by atoms with Crippen molar-refractivity contribution in [3.8, 4) is 17.2 Å². The molecule has 6 aliphatic rings. The Bertz CT molecular complexity index is 3290. The van der Waals surface area contributed by atoms with Crippen LogP contribution < -0.4 is 50.7 Å². The Kier molecular flexibility index (Phi) is 21.4. The number of aromatic hydroxyl groups is 1. The van der Waals surface area contributed by atoms with Crippen LogP contribution in [0.2, 0.25) is 0 Å². The largest absolute Gasteiger partial charge is 0.502 e. The molecule has 1 aromatic carbocycles. The average Bonchev–Trinajstić information content (AvgIpc) is 4.37. The van der Waals surface area contributed by atoms with Crippen LogP contribution in [0.4, 0.5) is 29.7 Å². The molecule has 4 N–H and O–H groups in total. The van der Waals surface area contributed by atoms with E-state index in [4.69, 9.17) is 24.4 Å². The summed E-state index contributed by atoms with van der Waals surface area (Å²) in [5.74, 6) is 5.56. The lowest BCUT2D eigenvalue weighted by atomic mass is 9.93. The normalized spacial score (nSPS) is 18.4. The zero-order chi connectivity index (χ0) is 60.8. The van der Waals surface area contributed by atoms with E-state index in [1.165, 1.54) is 46.3 Å². The van der Waals surface area contributed by atoms with Crippen LogP contribution in [0, 0.1) is 0 Å². The Labute approximate surface area is 510 Å². The molecule has 5 aromatic heterocycles. The van der Waals surface area contributed by atoms with Crippen molar-refractivity contribution in [2.45, 2.75) is 121 Å². The number of nitrogens with one attached hydrogen (secondary N) is 3. The smallest absolute Gasteiger partial charge is 0.252 e. The van der Waals surface area contributed by atoms with Crippen molar-refractivity contribution in [2.24, 2.45) is 0 Å². The number of aromatic amines is 3. The van der Waals surface area contributed by atoms with E-state index in [0.29, 0.717) is 29.3 Å². The Morgan fingerprint density at radius 1 is 0.437 bits per heavy atom. The summed E-state index contributed by atoms with van der Waals surface area (Å²) in [6, 6.07) is 8.75. The Balaban J connectivity index is 0.000000145. The third-order valence-corrected chi connectivity index (χ3v) is 17.7. The fourth-order valence-electron chi connectivity index (χ4n) is 12.7. The highest BCUT2D eigenvalue weighted by Crippen LogP contribution is 2.38. The average molecular weight is 1200 g/mol. The Hall–Kier alpha value is -7.70. The van der Waals surface area contributed by atoms with Crippen molar-refractivity contribution in [1.82, 2.24) is 64.5 Å². The molecule has 0 bridgehead atoms. The molecule has 0 atom stereocenters. The fourth-order valence-corrected chi connectivity index (χ4v) is 12.7. The molecule has 6 fully saturated rings. The van der Waals surface area contributed by atoms with Crippen LogP contribution in [0.25, 0.3) is 0 Å². The highest BCUT2D eigenvalue weighted by atomic mass is 16.5. The van der Waals surface area contributed by atoms with Crippen LogP contribution in [0.5, 0.6) is 17.2 Å². The maximum Gasteiger partial charge on any atom is 0.252 e. The number of likely N-dealkylation sites (tertiary alicyclic amines) is 3. The van der Waals surface area contributed by atoms with E-state index >= 15 is 0 Å². The maximum absolute atomic E-state index is 12.2. The van der Waals surface area contributed by atoms with Gasteiger partial charge in [-0.05, 0) is 140 Å². The van der Waals surface area contributed by atoms with E-state index in [2.05, 4.69) is 64.3 Å². The second kappa shape index (κ2) is 29.8. The summed E-state index contributed by atoms with van der Waals surface area (Å²) in [7, 11) is 10.8. The molecular formula is C63H90N18O6. The third-order valence-electron chi connectivity index (χ3n) is 17.7. The van der Waals surface area contributed by atoms with Crippen LogP contribution in [-0.2, 0) is 19.6 Å². The molecule has 24 nitrogen and oxygen atoms in total. The summed E-state index contributed by atoms with van der Waals surface area (Å²) in [6.45, 7) is 14.2. The van der Waals surface area contributed by atoms with E-state index in [0.717, 1.165) is 213 Å². The Morgan fingerprint density at radius 2 is 0.724 bits per heavy atom. The molecule has 12 rings (SSSR count). The number of H-pyrrole nitrogens is 3. The first kappa shape index (κ1) is 62.4. The van der Waals surface area contributed by atoms with Crippen LogP contribution in [0.15, 0.2) is 69.5 Å². The predicted molar refractivity (Wildman–Crippen MR) is 339 cm³/mol. The monoisotopic (exact) mass is 1190 g/mol. The number of nitrogens with zero attached hydrogens (tertiary/aromatic N) is 15. The lowest BCUT2D eigenvalue weighted by Gasteiger charge is -2.32. The van der Waals surface area contributed by atoms with Crippen molar-refractivity contribution < 1.29 is 14.6 Å². The van der Waals surface area contributed by atoms with Crippen molar-refractivity contribution in [2.75, 3.05) is 145 Å². The zero-order valence-corrected chi connectivity index (χ0v) is 51.9. The van der Waals surface area contributed by atoms with Crippen molar-refractivity contribution >= 4 is 29.7 Å². The standard InChI is InChI=1S/C22H30N4O4.C21H31N7O.C20H29N7O/c1-29-18-11-15(12-19(30-2)21(18)28)14-25-9-5-16(6-10-25)17-13-20(27)24-22(23-17)26-7-3-4-8-26;1-26(2)20-22-13-16(14-23-20)15-27-10-6-17(7-11-27)18-12-19(29)25-21(24-18)28-8-4-3-5-9-28;1-25(2)19-21-12-15(13-22-19)14-26-9-5-16(6-10-26)17-11-18(28)24-20(23-17)27-7-3-4-8-27/h11-13,16,28H,3-10,14H2,1-2H3,(H,23,24,27);12-14,17H,3-11,15H2,1-2H3,(H,24,25,29);11-13,16H,3-10,14H2,1-2H3,(H,23,24,28). The topological polar surface area (TPSA) is 253 Å². The summed E-state index contributed by atoms with van der Waals surface area (Å²) in [4.78, 5) is 95.0. The minimum atomic E-state index is -0.0624. The van der Waals surface area contributed by atoms with Gasteiger partial charge in [-0.15, -0.1) is 0 Å². The van der Waals surface area contributed by atoms with Gasteiger partial charge in [0.2, 0.25) is 35.5 Å². The number of anilines is 5. The minimum absolute atomic E-state index is 0.0247. The quantitative estimate of drug-likeness (QED) is 0.0857. The molecule has 468 valence electrons. The number of hydrogen-bond donors (Lipinski definition) is 4. The molecule has 6 saturated heterocycles. The molecule has 0 saturated carbocycles. The summed E-state index contributed by atoms with van der Waals surface area (Å²) in [6.07, 6.45) is 21.9. The lowest BCUT2D eigenvalue weighted by molar-refractivity contribution is 0.202. The van der Waals surface area contributed by atoms with Gasteiger partial charge in [0, 0.05) is 159 Å².